The van der Waals surface area contributed by atoms with Gasteiger partial charge in [-0.25, -0.2) is 4.39 Å². The molecule has 0 atom stereocenters. The molecule has 1 amide bonds. The average Bonchev–Trinajstić information content (AvgIpc) is 2.40. The predicted molar refractivity (Wildman–Crippen MR) is 80.8 cm³/mol. The van der Waals surface area contributed by atoms with Crippen molar-refractivity contribution in [2.24, 2.45) is 0 Å². The quantitative estimate of drug-likeness (QED) is 0.872. The Morgan fingerprint density at radius 1 is 1.25 bits per heavy atom. The SMILES string of the molecule is CN(Cc1ccc(Br)cc1)C(=O)c1ccc(F)cc1N. The molecule has 0 aliphatic carbocycles. The number of hydrogen-bond acceptors (Lipinski definition) is 2. The molecule has 2 rings (SSSR count). The minimum atomic E-state index is -0.449. The first-order chi connectivity index (χ1) is 9.47. The van der Waals surface area contributed by atoms with Gasteiger partial charge in [0.25, 0.3) is 5.91 Å². The van der Waals surface area contributed by atoms with Crippen LogP contribution in [0, 0.1) is 5.82 Å². The average molecular weight is 337 g/mol. The number of hydrogen-bond donors (Lipinski definition) is 1. The van der Waals surface area contributed by atoms with Gasteiger partial charge in [-0.15, -0.1) is 0 Å². The van der Waals surface area contributed by atoms with Crippen LogP contribution in [0.5, 0.6) is 0 Å². The van der Waals surface area contributed by atoms with E-state index >= 15 is 0 Å². The fourth-order valence-corrected chi connectivity index (χ4v) is 2.13. The highest BCUT2D eigenvalue weighted by atomic mass is 79.9. The standard InChI is InChI=1S/C15H14BrFN2O/c1-19(9-10-2-4-11(16)5-3-10)15(20)13-7-6-12(17)8-14(13)18/h2-8H,9,18H2,1H3. The summed E-state index contributed by atoms with van der Waals surface area (Å²) in [6, 6.07) is 11.5. The third-order valence-corrected chi connectivity index (χ3v) is 3.45. The summed E-state index contributed by atoms with van der Waals surface area (Å²) in [5.41, 5.74) is 7.15. The van der Waals surface area contributed by atoms with E-state index in [1.54, 1.807) is 11.9 Å². The highest BCUT2D eigenvalue weighted by Gasteiger charge is 2.15. The molecule has 2 aromatic rings. The lowest BCUT2D eigenvalue weighted by molar-refractivity contribution is 0.0786. The third-order valence-electron chi connectivity index (χ3n) is 2.92. The molecular weight excluding hydrogens is 323 g/mol. The maximum absolute atomic E-state index is 13.0. The molecule has 0 saturated heterocycles. The van der Waals surface area contributed by atoms with Gasteiger partial charge < -0.3 is 10.6 Å². The van der Waals surface area contributed by atoms with Crippen molar-refractivity contribution in [2.75, 3.05) is 12.8 Å². The van der Waals surface area contributed by atoms with E-state index in [0.717, 1.165) is 16.1 Å². The number of carbonyl (C=O) groups excluding carboxylic acids is 1. The number of nitrogens with two attached hydrogens (primary N) is 1. The molecule has 0 aliphatic heterocycles. The van der Waals surface area contributed by atoms with Crippen LogP contribution >= 0.6 is 15.9 Å². The van der Waals surface area contributed by atoms with Gasteiger partial charge in [0.1, 0.15) is 5.82 Å². The topological polar surface area (TPSA) is 46.3 Å². The van der Waals surface area contributed by atoms with E-state index in [0.29, 0.717) is 12.1 Å². The van der Waals surface area contributed by atoms with E-state index in [1.165, 1.54) is 12.1 Å². The zero-order chi connectivity index (χ0) is 14.7. The van der Waals surface area contributed by atoms with Gasteiger partial charge in [0.2, 0.25) is 0 Å². The molecule has 2 N–H and O–H groups in total. The number of benzene rings is 2. The first-order valence-electron chi connectivity index (χ1n) is 6.02. The van der Waals surface area contributed by atoms with Crippen LogP contribution in [0.4, 0.5) is 10.1 Å². The molecule has 0 spiro atoms. The Bertz CT molecular complexity index is 628. The number of anilines is 1. The Balaban J connectivity index is 2.14. The van der Waals surface area contributed by atoms with Gasteiger partial charge in [0, 0.05) is 23.8 Å². The molecule has 2 aromatic carbocycles. The summed E-state index contributed by atoms with van der Waals surface area (Å²) in [7, 11) is 1.69. The van der Waals surface area contributed by atoms with Crippen LogP contribution in [-0.2, 0) is 6.54 Å². The molecule has 104 valence electrons. The second kappa shape index (κ2) is 6.05. The molecule has 5 heteroatoms. The number of carbonyl (C=O) groups is 1. The number of nitrogen functional groups attached to an aromatic ring is 1. The van der Waals surface area contributed by atoms with Gasteiger partial charge in [-0.05, 0) is 35.9 Å². The summed E-state index contributed by atoms with van der Waals surface area (Å²) < 4.78 is 14.0. The molecule has 20 heavy (non-hydrogen) atoms. The van der Waals surface area contributed by atoms with Gasteiger partial charge in [-0.2, -0.15) is 0 Å². The Labute approximate surface area is 125 Å². The second-order valence-electron chi connectivity index (χ2n) is 4.52. The monoisotopic (exact) mass is 336 g/mol. The zero-order valence-corrected chi connectivity index (χ0v) is 12.5. The minimum Gasteiger partial charge on any atom is -0.398 e. The Hall–Kier alpha value is -1.88. The molecule has 0 radical (unpaired) electrons. The molecule has 0 aliphatic rings. The summed E-state index contributed by atoms with van der Waals surface area (Å²) in [5, 5.41) is 0. The Kier molecular flexibility index (Phi) is 4.39. The normalized spacial score (nSPS) is 10.3. The van der Waals surface area contributed by atoms with Crippen molar-refractivity contribution < 1.29 is 9.18 Å². The molecule has 0 saturated carbocycles. The first kappa shape index (κ1) is 14.5. The molecule has 0 fully saturated rings. The Morgan fingerprint density at radius 3 is 2.50 bits per heavy atom. The number of amides is 1. The van der Waals surface area contributed by atoms with Gasteiger partial charge in [-0.1, -0.05) is 28.1 Å². The summed E-state index contributed by atoms with van der Waals surface area (Å²) in [5.74, 6) is -0.681. The summed E-state index contributed by atoms with van der Waals surface area (Å²) in [6.07, 6.45) is 0. The third kappa shape index (κ3) is 3.36. The van der Waals surface area contributed by atoms with Crippen molar-refractivity contribution in [2.45, 2.75) is 6.54 Å². The highest BCUT2D eigenvalue weighted by molar-refractivity contribution is 9.10. The highest BCUT2D eigenvalue weighted by Crippen LogP contribution is 2.17. The summed E-state index contributed by atoms with van der Waals surface area (Å²) in [4.78, 5) is 13.8. The largest absolute Gasteiger partial charge is 0.398 e. The fourth-order valence-electron chi connectivity index (χ4n) is 1.87. The fraction of sp³-hybridized carbons (Fsp3) is 0.133. The van der Waals surface area contributed by atoms with E-state index < -0.39 is 5.82 Å². The minimum absolute atomic E-state index is 0.151. The number of rotatable bonds is 3. The van der Waals surface area contributed by atoms with Gasteiger partial charge in [-0.3, -0.25) is 4.79 Å². The van der Waals surface area contributed by atoms with Crippen molar-refractivity contribution in [3.8, 4) is 0 Å². The van der Waals surface area contributed by atoms with Gasteiger partial charge in [0.05, 0.1) is 5.56 Å². The van der Waals surface area contributed by atoms with Crippen molar-refractivity contribution in [3.05, 3.63) is 63.9 Å². The van der Waals surface area contributed by atoms with E-state index in [9.17, 15) is 9.18 Å². The smallest absolute Gasteiger partial charge is 0.255 e. The van der Waals surface area contributed by atoms with Crippen LogP contribution in [0.25, 0.3) is 0 Å². The zero-order valence-electron chi connectivity index (χ0n) is 10.9. The number of nitrogens with zero attached hydrogens (tertiary/aromatic N) is 1. The molecule has 0 heterocycles. The van der Waals surface area contributed by atoms with Gasteiger partial charge in [0.15, 0.2) is 0 Å². The molecule has 3 nitrogen and oxygen atoms in total. The summed E-state index contributed by atoms with van der Waals surface area (Å²) in [6.45, 7) is 0.461. The van der Waals surface area contributed by atoms with E-state index in [2.05, 4.69) is 15.9 Å². The Morgan fingerprint density at radius 2 is 1.90 bits per heavy atom. The van der Waals surface area contributed by atoms with E-state index in [-0.39, 0.29) is 11.6 Å². The van der Waals surface area contributed by atoms with Crippen LogP contribution in [0.2, 0.25) is 0 Å². The maximum atomic E-state index is 13.0. The van der Waals surface area contributed by atoms with Crippen molar-refractivity contribution in [3.63, 3.8) is 0 Å². The molecule has 0 bridgehead atoms. The van der Waals surface area contributed by atoms with Crippen molar-refractivity contribution in [1.29, 1.82) is 0 Å². The van der Waals surface area contributed by atoms with Crippen molar-refractivity contribution in [1.82, 2.24) is 4.90 Å². The van der Waals surface area contributed by atoms with E-state index in [1.807, 2.05) is 24.3 Å². The maximum Gasteiger partial charge on any atom is 0.255 e. The molecule has 0 aromatic heterocycles. The van der Waals surface area contributed by atoms with Gasteiger partial charge >= 0.3 is 0 Å². The van der Waals surface area contributed by atoms with Crippen LogP contribution in [0.15, 0.2) is 46.9 Å². The van der Waals surface area contributed by atoms with Crippen LogP contribution < -0.4 is 5.73 Å². The van der Waals surface area contributed by atoms with Crippen molar-refractivity contribution >= 4 is 27.5 Å². The lowest BCUT2D eigenvalue weighted by atomic mass is 10.1. The lowest BCUT2D eigenvalue weighted by Crippen LogP contribution is -2.27. The number of halogens is 2. The first-order valence-corrected chi connectivity index (χ1v) is 6.81. The summed E-state index contributed by atoms with van der Waals surface area (Å²) >= 11 is 3.36. The molecular formula is C15H14BrFN2O. The second-order valence-corrected chi connectivity index (χ2v) is 5.43. The van der Waals surface area contributed by atoms with Crippen LogP contribution in [-0.4, -0.2) is 17.9 Å². The predicted octanol–water partition coefficient (Wildman–Crippen LogP) is 3.44. The lowest BCUT2D eigenvalue weighted by Gasteiger charge is -2.18. The van der Waals surface area contributed by atoms with Crippen LogP contribution in [0.1, 0.15) is 15.9 Å². The van der Waals surface area contributed by atoms with E-state index in [4.69, 9.17) is 5.73 Å². The van der Waals surface area contributed by atoms with Crippen LogP contribution in [0.3, 0.4) is 0 Å². The molecule has 0 unspecified atom stereocenters.